The second-order valence-corrected chi connectivity index (χ2v) is 11.7. The van der Waals surface area contributed by atoms with Crippen LogP contribution in [0.5, 0.6) is 23.0 Å². The molecule has 15 nitrogen and oxygen atoms in total. The maximum atomic E-state index is 12.5. The van der Waals surface area contributed by atoms with Crippen LogP contribution in [-0.2, 0) is 34.9 Å². The fourth-order valence-corrected chi connectivity index (χ4v) is 5.32. The molecule has 11 atom stereocenters. The van der Waals surface area contributed by atoms with E-state index < -0.39 is 80.1 Å². The fourth-order valence-electron chi connectivity index (χ4n) is 5.32. The summed E-state index contributed by atoms with van der Waals surface area (Å²) in [5.74, 6) is -0.383. The molecule has 2 saturated heterocycles. The summed E-state index contributed by atoms with van der Waals surface area (Å²) in [6.45, 7) is 2.70. The molecular formula is C33H44O15. The summed E-state index contributed by atoms with van der Waals surface area (Å²) in [5.41, 5.74) is 1.33. The highest BCUT2D eigenvalue weighted by molar-refractivity contribution is 5.87. The van der Waals surface area contributed by atoms with Crippen LogP contribution < -0.4 is 9.47 Å². The van der Waals surface area contributed by atoms with Crippen LogP contribution in [0.1, 0.15) is 31.4 Å². The van der Waals surface area contributed by atoms with E-state index in [1.807, 2.05) is 12.1 Å². The molecule has 7 N–H and O–H groups in total. The number of methoxy groups -OCH3 is 2. The maximum Gasteiger partial charge on any atom is 0.330 e. The first kappa shape index (κ1) is 37.3. The van der Waals surface area contributed by atoms with Gasteiger partial charge in [0.25, 0.3) is 0 Å². The Balaban J connectivity index is 1.45. The van der Waals surface area contributed by atoms with E-state index in [1.54, 1.807) is 20.1 Å². The predicted molar refractivity (Wildman–Crippen MR) is 166 cm³/mol. The lowest BCUT2D eigenvalue weighted by molar-refractivity contribution is -0.360. The van der Waals surface area contributed by atoms with Crippen LogP contribution in [0.3, 0.4) is 0 Å². The average molecular weight is 681 g/mol. The number of carbonyl (C=O) groups excluding carboxylic acids is 1. The highest BCUT2D eigenvalue weighted by atomic mass is 16.7. The first-order valence-corrected chi connectivity index (χ1v) is 15.4. The van der Waals surface area contributed by atoms with Gasteiger partial charge in [-0.25, -0.2) is 4.79 Å². The van der Waals surface area contributed by atoms with Crippen LogP contribution in [0, 0.1) is 0 Å². The molecule has 2 fully saturated rings. The summed E-state index contributed by atoms with van der Waals surface area (Å²) in [4.78, 5) is 12.5. The topological polar surface area (TPSA) is 223 Å². The van der Waals surface area contributed by atoms with Crippen molar-refractivity contribution in [1.82, 2.24) is 0 Å². The average Bonchev–Trinajstić information content (AvgIpc) is 3.07. The van der Waals surface area contributed by atoms with Crippen LogP contribution in [0.15, 0.2) is 42.5 Å². The highest BCUT2D eigenvalue weighted by Crippen LogP contribution is 2.32. The second-order valence-electron chi connectivity index (χ2n) is 11.7. The Kier molecular flexibility index (Phi) is 13.0. The molecule has 4 rings (SSSR count). The van der Waals surface area contributed by atoms with E-state index in [9.17, 15) is 40.5 Å². The van der Waals surface area contributed by atoms with E-state index in [0.29, 0.717) is 29.9 Å². The molecule has 0 bridgehead atoms. The van der Waals surface area contributed by atoms with Crippen molar-refractivity contribution < 1.29 is 73.7 Å². The normalized spacial score (nSPS) is 31.4. The minimum absolute atomic E-state index is 0.324. The van der Waals surface area contributed by atoms with Crippen LogP contribution in [0.25, 0.3) is 6.08 Å². The van der Waals surface area contributed by atoms with E-state index in [2.05, 4.69) is 0 Å². The largest absolute Gasteiger partial charge is 0.504 e. The van der Waals surface area contributed by atoms with Crippen LogP contribution >= 0.6 is 0 Å². The van der Waals surface area contributed by atoms with Crippen molar-refractivity contribution in [2.75, 3.05) is 20.8 Å². The Morgan fingerprint density at radius 1 is 0.854 bits per heavy atom. The number of esters is 1. The van der Waals surface area contributed by atoms with Gasteiger partial charge in [0.05, 0.1) is 26.4 Å². The number of aryl methyl sites for hydroxylation is 1. The van der Waals surface area contributed by atoms with Crippen LogP contribution in [-0.4, -0.2) is 130 Å². The Morgan fingerprint density at radius 2 is 1.58 bits per heavy atom. The third-order valence-electron chi connectivity index (χ3n) is 8.20. The van der Waals surface area contributed by atoms with Crippen molar-refractivity contribution in [3.8, 4) is 23.0 Å². The van der Waals surface area contributed by atoms with Crippen LogP contribution in [0.2, 0.25) is 0 Å². The molecule has 0 saturated carbocycles. The monoisotopic (exact) mass is 680 g/mol. The molecule has 0 spiro atoms. The van der Waals surface area contributed by atoms with Gasteiger partial charge < -0.3 is 68.9 Å². The van der Waals surface area contributed by atoms with E-state index in [-0.39, 0.29) is 11.5 Å². The van der Waals surface area contributed by atoms with Gasteiger partial charge in [0.1, 0.15) is 49.3 Å². The Bertz CT molecular complexity index is 1380. The van der Waals surface area contributed by atoms with Gasteiger partial charge in [0.15, 0.2) is 35.6 Å². The quantitative estimate of drug-likeness (QED) is 0.0863. The van der Waals surface area contributed by atoms with Crippen molar-refractivity contribution in [1.29, 1.82) is 0 Å². The van der Waals surface area contributed by atoms with Gasteiger partial charge in [-0.05, 0) is 68.2 Å². The summed E-state index contributed by atoms with van der Waals surface area (Å²) in [6.07, 6.45) is -11.8. The SMILES string of the molecule is COc1ccc(CCC(C)O[C@@H]2O[C@H](COC(=O)/C=C/c3ccc(O)c(O)c3)[C@@H](O)[C@H](O[C@@H]3O[C@@H](C)[C@H](O)[C@@H](O)[C@H]3O)[C@H]2O)cc1OC. The molecule has 15 heteroatoms. The third kappa shape index (κ3) is 9.13. The number of aliphatic hydroxyl groups is 5. The van der Waals surface area contributed by atoms with Gasteiger partial charge in [-0.15, -0.1) is 0 Å². The number of hydrogen-bond donors (Lipinski definition) is 7. The first-order valence-electron chi connectivity index (χ1n) is 15.4. The molecule has 0 amide bonds. The Labute approximate surface area is 277 Å². The van der Waals surface area contributed by atoms with E-state index in [1.165, 1.54) is 38.3 Å². The van der Waals surface area contributed by atoms with Gasteiger partial charge in [0, 0.05) is 6.08 Å². The molecule has 2 heterocycles. The molecule has 0 aliphatic carbocycles. The number of aromatic hydroxyl groups is 2. The third-order valence-corrected chi connectivity index (χ3v) is 8.20. The van der Waals surface area contributed by atoms with Crippen molar-refractivity contribution in [3.05, 3.63) is 53.6 Å². The summed E-state index contributed by atoms with van der Waals surface area (Å²) >= 11 is 0. The molecule has 2 aliphatic rings. The van der Waals surface area contributed by atoms with E-state index in [0.717, 1.165) is 11.6 Å². The zero-order valence-electron chi connectivity index (χ0n) is 27.0. The lowest BCUT2D eigenvalue weighted by Crippen LogP contribution is -2.64. The molecule has 48 heavy (non-hydrogen) atoms. The number of phenolic OH excluding ortho intramolecular Hbond substituents is 2. The number of hydrogen-bond acceptors (Lipinski definition) is 15. The smallest absolute Gasteiger partial charge is 0.330 e. The highest BCUT2D eigenvalue weighted by Gasteiger charge is 2.51. The Morgan fingerprint density at radius 3 is 2.27 bits per heavy atom. The summed E-state index contributed by atoms with van der Waals surface area (Å²) in [7, 11) is 3.08. The van der Waals surface area contributed by atoms with Crippen molar-refractivity contribution in [2.24, 2.45) is 0 Å². The van der Waals surface area contributed by atoms with E-state index >= 15 is 0 Å². The molecule has 2 aliphatic heterocycles. The number of carbonyl (C=O) groups is 1. The molecule has 1 unspecified atom stereocenters. The standard InChI is InChI=1S/C33H44O15/c1-16(5-6-19-8-11-22(42-3)23(14-19)43-4)45-33-30(41)31(48-32-29(40)28(39)26(37)17(2)46-32)27(38)24(47-33)15-44-25(36)12-9-18-7-10-20(34)21(35)13-18/h7-14,16-17,24,26-35,37-41H,5-6,15H2,1-4H3/b12-9+/t16?,17-,24+,26-,27+,28+,29+,30+,31-,32-,33+/m0/s1. The first-order chi connectivity index (χ1) is 22.8. The molecule has 2 aromatic carbocycles. The number of aliphatic hydroxyl groups excluding tert-OH is 5. The minimum atomic E-state index is -1.72. The molecule has 0 aromatic heterocycles. The molecule has 2 aromatic rings. The maximum absolute atomic E-state index is 12.5. The van der Waals surface area contributed by atoms with Crippen molar-refractivity contribution >= 4 is 12.0 Å². The number of rotatable bonds is 13. The van der Waals surface area contributed by atoms with Gasteiger partial charge in [-0.1, -0.05) is 12.1 Å². The predicted octanol–water partition coefficient (Wildman–Crippen LogP) is 0.369. The zero-order valence-corrected chi connectivity index (χ0v) is 27.0. The molecular weight excluding hydrogens is 636 g/mol. The Hall–Kier alpha value is -3.51. The number of ether oxygens (including phenoxy) is 7. The summed E-state index contributed by atoms with van der Waals surface area (Å²) in [6, 6.07) is 9.45. The second kappa shape index (κ2) is 16.7. The number of benzene rings is 2. The lowest BCUT2D eigenvalue weighted by Gasteiger charge is -2.46. The van der Waals surface area contributed by atoms with Gasteiger partial charge in [-0.3, -0.25) is 0 Å². The molecule has 266 valence electrons. The number of phenols is 2. The van der Waals surface area contributed by atoms with Gasteiger partial charge in [-0.2, -0.15) is 0 Å². The van der Waals surface area contributed by atoms with E-state index in [4.69, 9.17) is 33.2 Å². The summed E-state index contributed by atoms with van der Waals surface area (Å²) in [5, 5.41) is 72.4. The van der Waals surface area contributed by atoms with Gasteiger partial charge in [0.2, 0.25) is 0 Å². The molecule has 0 radical (unpaired) electrons. The van der Waals surface area contributed by atoms with Crippen molar-refractivity contribution in [2.45, 2.75) is 94.2 Å². The van der Waals surface area contributed by atoms with Crippen LogP contribution in [0.4, 0.5) is 0 Å². The summed E-state index contributed by atoms with van der Waals surface area (Å²) < 4.78 is 39.1. The minimum Gasteiger partial charge on any atom is -0.504 e. The van der Waals surface area contributed by atoms with Crippen molar-refractivity contribution in [3.63, 3.8) is 0 Å². The zero-order chi connectivity index (χ0) is 35.1. The van der Waals surface area contributed by atoms with Gasteiger partial charge >= 0.3 is 5.97 Å². The fraction of sp³-hybridized carbons (Fsp3) is 0.545. The lowest BCUT2D eigenvalue weighted by atomic mass is 9.97.